The van der Waals surface area contributed by atoms with Gasteiger partial charge in [-0.2, -0.15) is 0 Å². The number of ether oxygens (including phenoxy) is 2. The monoisotopic (exact) mass is 1180 g/mol. The highest BCUT2D eigenvalue weighted by atomic mass is 79.9. The van der Waals surface area contributed by atoms with Crippen LogP contribution >= 0.6 is 47.8 Å². The average molecular weight is 1190 g/mol. The first-order valence-electron chi connectivity index (χ1n) is 27.1. The summed E-state index contributed by atoms with van der Waals surface area (Å²) in [7, 11) is 0. The molecule has 0 radical (unpaired) electrons. The zero-order chi connectivity index (χ0) is 51.1. The van der Waals surface area contributed by atoms with Gasteiger partial charge >= 0.3 is 11.9 Å². The van der Waals surface area contributed by atoms with E-state index >= 15 is 0 Å². The lowest BCUT2D eigenvalue weighted by Crippen LogP contribution is -2.34. The molecule has 0 heterocycles. The van der Waals surface area contributed by atoms with Crippen LogP contribution in [0, 0.1) is 35.5 Å². The Hall–Kier alpha value is -4.20. The molecule has 6 aliphatic carbocycles. The summed E-state index contributed by atoms with van der Waals surface area (Å²) in [5, 5.41) is 23.0. The second-order valence-corrected chi connectivity index (χ2v) is 24.7. The Bertz CT molecular complexity index is 2570. The first-order chi connectivity index (χ1) is 35.3. The van der Waals surface area contributed by atoms with Gasteiger partial charge < -0.3 is 30.3 Å². The van der Waals surface area contributed by atoms with Crippen LogP contribution in [0.2, 0.25) is 0 Å². The molecule has 6 fully saturated rings. The third-order valence-electron chi connectivity index (χ3n) is 17.6. The van der Waals surface area contributed by atoms with Crippen molar-refractivity contribution in [2.45, 2.75) is 139 Å². The molecule has 4 aromatic rings. The summed E-state index contributed by atoms with van der Waals surface area (Å²) < 4.78 is 15.6. The predicted octanol–water partition coefficient (Wildman–Crippen LogP) is 14.2. The summed E-state index contributed by atoms with van der Waals surface area (Å²) in [5.74, 6) is 3.46. The molecule has 73 heavy (non-hydrogen) atoms. The van der Waals surface area contributed by atoms with E-state index in [-0.39, 0.29) is 48.6 Å². The molecule has 6 aliphatic rings. The van der Waals surface area contributed by atoms with Crippen molar-refractivity contribution >= 4 is 71.5 Å². The zero-order valence-electron chi connectivity index (χ0n) is 41.9. The van der Waals surface area contributed by atoms with Gasteiger partial charge in [-0.1, -0.05) is 81.7 Å². The zero-order valence-corrected chi connectivity index (χ0v) is 46.7. The Labute approximate surface area is 456 Å². The Balaban J connectivity index is 0.000000180. The maximum Gasteiger partial charge on any atom is 0.305 e. The number of hydrogen-bond donors (Lipinski definition) is 4. The van der Waals surface area contributed by atoms with Gasteiger partial charge in [-0.05, 0) is 218 Å². The standard InChI is InChI=1S/C30H35Br2NO4.C30H36BrNO4/c31-25-15-24(16-26(32)28(25)37-18-19-4-2-1-3-5-19)30(17-20-6-9-23(30)14-20)22-10-7-21(8-11-22)29(36)33-13-12-27(34)35;31-26-17-25(12-13-27(26)36-19-20-4-2-1-3-5-20)30(18-21-6-9-24(30)16-21)23-10-7-22(8-11-23)29(35)32-15-14-28(33)34/h7-8,10-11,15-16,19-20,23H,1-6,9,12-14,17-18H2,(H,33,36)(H,34,35);7-8,10-13,17,20-21,24H,1-6,9,14-16,18-19H2,(H,32,35)(H,33,34). The van der Waals surface area contributed by atoms with E-state index in [4.69, 9.17) is 19.7 Å². The second kappa shape index (κ2) is 24.2. The van der Waals surface area contributed by atoms with Crippen molar-refractivity contribution in [2.24, 2.45) is 35.5 Å². The van der Waals surface area contributed by atoms with E-state index in [1.165, 1.54) is 125 Å². The second-order valence-electron chi connectivity index (χ2n) is 22.1. The number of carbonyl (C=O) groups is 4. The normalized spacial score (nSPS) is 25.4. The van der Waals surface area contributed by atoms with Gasteiger partial charge in [0.2, 0.25) is 0 Å². The van der Waals surface area contributed by atoms with Crippen molar-refractivity contribution in [3.8, 4) is 11.5 Å². The van der Waals surface area contributed by atoms with E-state index in [9.17, 15) is 19.2 Å². The molecule has 0 spiro atoms. The number of carboxylic acids is 2. The summed E-state index contributed by atoms with van der Waals surface area (Å²) in [6, 6.07) is 27.1. The van der Waals surface area contributed by atoms with Crippen LogP contribution in [-0.4, -0.2) is 60.3 Å². The molecule has 4 N–H and O–H groups in total. The number of hydrogen-bond acceptors (Lipinski definition) is 6. The summed E-state index contributed by atoms with van der Waals surface area (Å²) >= 11 is 11.5. The molecule has 4 bridgehead atoms. The number of rotatable bonds is 18. The minimum Gasteiger partial charge on any atom is -0.492 e. The summed E-state index contributed by atoms with van der Waals surface area (Å²) in [4.78, 5) is 46.5. The van der Waals surface area contributed by atoms with E-state index in [2.05, 4.69) is 113 Å². The minimum absolute atomic E-state index is 0.0500. The van der Waals surface area contributed by atoms with Crippen LogP contribution in [0.3, 0.4) is 0 Å². The molecule has 390 valence electrons. The topological polar surface area (TPSA) is 151 Å². The number of nitrogens with one attached hydrogen (secondary N) is 2. The number of carboxylic acid groups (broad SMARTS) is 2. The smallest absolute Gasteiger partial charge is 0.305 e. The molecule has 0 aromatic heterocycles. The first kappa shape index (κ1) is 53.6. The molecule has 10 rings (SSSR count). The van der Waals surface area contributed by atoms with Gasteiger partial charge in [0.25, 0.3) is 11.8 Å². The maximum absolute atomic E-state index is 12.5. The van der Waals surface area contributed by atoms with Crippen molar-refractivity contribution < 1.29 is 38.9 Å². The summed E-state index contributed by atoms with van der Waals surface area (Å²) in [6.45, 7) is 1.82. The Morgan fingerprint density at radius 2 is 0.932 bits per heavy atom. The molecule has 6 unspecified atom stereocenters. The fourth-order valence-corrected chi connectivity index (χ4v) is 15.9. The number of aliphatic carboxylic acids is 2. The first-order valence-corrected chi connectivity index (χ1v) is 29.5. The van der Waals surface area contributed by atoms with Gasteiger partial charge in [0.1, 0.15) is 11.5 Å². The minimum atomic E-state index is -0.920. The van der Waals surface area contributed by atoms with Crippen molar-refractivity contribution in [1.29, 1.82) is 0 Å². The quantitative estimate of drug-likeness (QED) is 0.0769. The van der Waals surface area contributed by atoms with E-state index in [1.54, 1.807) is 0 Å². The van der Waals surface area contributed by atoms with E-state index < -0.39 is 11.9 Å². The molecule has 6 atom stereocenters. The predicted molar refractivity (Wildman–Crippen MR) is 295 cm³/mol. The largest absolute Gasteiger partial charge is 0.492 e. The summed E-state index contributed by atoms with van der Waals surface area (Å²) in [6.07, 6.45) is 22.7. The highest BCUT2D eigenvalue weighted by molar-refractivity contribution is 9.11. The lowest BCUT2D eigenvalue weighted by Gasteiger charge is -2.39. The number of fused-ring (bicyclic) bond motifs is 4. The highest BCUT2D eigenvalue weighted by Gasteiger charge is 2.54. The van der Waals surface area contributed by atoms with Gasteiger partial charge in [-0.25, -0.2) is 0 Å². The Morgan fingerprint density at radius 1 is 0.507 bits per heavy atom. The number of amides is 2. The molecule has 10 nitrogen and oxygen atoms in total. The van der Waals surface area contributed by atoms with Crippen LogP contribution in [0.1, 0.15) is 171 Å². The molecule has 6 saturated carbocycles. The highest BCUT2D eigenvalue weighted by Crippen LogP contribution is 2.62. The fraction of sp³-hybridized carbons (Fsp3) is 0.533. The van der Waals surface area contributed by atoms with Gasteiger partial charge in [0.15, 0.2) is 0 Å². The molecule has 0 aliphatic heterocycles. The molecule has 13 heteroatoms. The molecular weight excluding hydrogens is 1120 g/mol. The van der Waals surface area contributed by atoms with Gasteiger partial charge in [0.05, 0.1) is 39.5 Å². The van der Waals surface area contributed by atoms with Crippen molar-refractivity contribution in [2.75, 3.05) is 26.3 Å². The lowest BCUT2D eigenvalue weighted by atomic mass is 9.64. The lowest BCUT2D eigenvalue weighted by molar-refractivity contribution is -0.137. The average Bonchev–Trinajstić information content (AvgIpc) is 4.23. The SMILES string of the molecule is O=C(O)CCNC(=O)c1ccc(C2(c3cc(Br)c(OCC4CCCCC4)c(Br)c3)CC3CCC2C3)cc1.O=C(O)CCNC(=O)c1ccc(C2(c3ccc(OCC4CCCCC4)c(Br)c3)CC3CCC2C3)cc1. The van der Waals surface area contributed by atoms with Crippen LogP contribution in [0.5, 0.6) is 11.5 Å². The maximum atomic E-state index is 12.5. The van der Waals surface area contributed by atoms with Crippen LogP contribution < -0.4 is 20.1 Å². The summed E-state index contributed by atoms with van der Waals surface area (Å²) in [5.41, 5.74) is 6.11. The third kappa shape index (κ3) is 12.3. The van der Waals surface area contributed by atoms with Gasteiger partial charge in [-0.15, -0.1) is 0 Å². The van der Waals surface area contributed by atoms with Crippen LogP contribution in [-0.2, 0) is 20.4 Å². The van der Waals surface area contributed by atoms with E-state index in [0.717, 1.165) is 62.8 Å². The van der Waals surface area contributed by atoms with Crippen LogP contribution in [0.15, 0.2) is 92.3 Å². The molecular formula is C60H71Br3N2O8. The molecule has 4 aromatic carbocycles. The number of carbonyl (C=O) groups excluding carboxylic acids is 2. The van der Waals surface area contributed by atoms with Crippen molar-refractivity contribution in [3.63, 3.8) is 0 Å². The molecule has 0 saturated heterocycles. The molecule has 2 amide bonds. The van der Waals surface area contributed by atoms with Gasteiger partial charge in [0, 0.05) is 35.0 Å². The van der Waals surface area contributed by atoms with E-state index in [0.29, 0.717) is 34.8 Å². The van der Waals surface area contributed by atoms with Gasteiger partial charge in [-0.3, -0.25) is 19.2 Å². The van der Waals surface area contributed by atoms with Crippen LogP contribution in [0.25, 0.3) is 0 Å². The van der Waals surface area contributed by atoms with Crippen molar-refractivity contribution in [3.05, 3.63) is 126 Å². The Kier molecular flexibility index (Phi) is 17.8. The number of halogens is 3. The van der Waals surface area contributed by atoms with Crippen molar-refractivity contribution in [1.82, 2.24) is 10.6 Å². The Morgan fingerprint density at radius 3 is 1.34 bits per heavy atom. The van der Waals surface area contributed by atoms with Crippen LogP contribution in [0.4, 0.5) is 0 Å². The third-order valence-corrected chi connectivity index (χ3v) is 19.4. The van der Waals surface area contributed by atoms with E-state index in [1.807, 2.05) is 24.3 Å². The fourth-order valence-electron chi connectivity index (χ4n) is 14.0. The number of benzene rings is 4.